The molecule has 1 atom stereocenters. The van der Waals surface area contributed by atoms with Crippen molar-refractivity contribution in [2.24, 2.45) is 0 Å². The zero-order valence-corrected chi connectivity index (χ0v) is 12.4. The van der Waals surface area contributed by atoms with E-state index in [1.54, 1.807) is 7.11 Å². The lowest BCUT2D eigenvalue weighted by Gasteiger charge is -2.12. The summed E-state index contributed by atoms with van der Waals surface area (Å²) in [7, 11) is 1.58. The maximum atomic E-state index is 11.8. The van der Waals surface area contributed by atoms with Crippen LogP contribution < -0.4 is 15.4 Å². The van der Waals surface area contributed by atoms with Gasteiger partial charge in [0, 0.05) is 13.2 Å². The Morgan fingerprint density at radius 1 is 1.45 bits per heavy atom. The van der Waals surface area contributed by atoms with Gasteiger partial charge in [-0.1, -0.05) is 12.1 Å². The van der Waals surface area contributed by atoms with E-state index in [1.807, 2.05) is 24.3 Å². The molecule has 1 aromatic carbocycles. The van der Waals surface area contributed by atoms with Crippen LogP contribution in [0.4, 0.5) is 5.69 Å². The molecule has 6 heteroatoms. The van der Waals surface area contributed by atoms with Gasteiger partial charge < -0.3 is 20.1 Å². The van der Waals surface area contributed by atoms with Crippen molar-refractivity contribution in [1.29, 1.82) is 0 Å². The van der Waals surface area contributed by atoms with E-state index in [2.05, 4.69) is 10.6 Å². The van der Waals surface area contributed by atoms with Gasteiger partial charge in [0.15, 0.2) is 0 Å². The zero-order chi connectivity index (χ0) is 13.5. The molecule has 112 valence electrons. The highest BCUT2D eigenvalue weighted by Gasteiger charge is 2.15. The first-order chi connectivity index (χ1) is 9.29. The van der Waals surface area contributed by atoms with Gasteiger partial charge in [-0.25, -0.2) is 0 Å². The number of anilines is 1. The van der Waals surface area contributed by atoms with Crippen molar-refractivity contribution in [2.75, 3.05) is 32.1 Å². The molecule has 2 rings (SSSR count). The van der Waals surface area contributed by atoms with E-state index in [0.29, 0.717) is 11.4 Å². The summed E-state index contributed by atoms with van der Waals surface area (Å²) >= 11 is 0. The van der Waals surface area contributed by atoms with Gasteiger partial charge in [0.2, 0.25) is 5.91 Å². The molecule has 1 saturated heterocycles. The minimum absolute atomic E-state index is 0. The van der Waals surface area contributed by atoms with Crippen LogP contribution in [0.5, 0.6) is 5.75 Å². The van der Waals surface area contributed by atoms with E-state index < -0.39 is 0 Å². The van der Waals surface area contributed by atoms with Crippen LogP contribution in [0.25, 0.3) is 0 Å². The number of carbonyl (C=O) groups excluding carboxylic acids is 1. The minimum Gasteiger partial charge on any atom is -0.495 e. The Labute approximate surface area is 125 Å². The van der Waals surface area contributed by atoms with E-state index in [0.717, 1.165) is 26.0 Å². The monoisotopic (exact) mass is 300 g/mol. The third-order valence-corrected chi connectivity index (χ3v) is 3.06. The van der Waals surface area contributed by atoms with Crippen LogP contribution in [0.2, 0.25) is 0 Å². The number of amides is 1. The van der Waals surface area contributed by atoms with Crippen LogP contribution in [0.3, 0.4) is 0 Å². The molecule has 0 spiro atoms. The molecule has 20 heavy (non-hydrogen) atoms. The molecule has 1 aliphatic rings. The molecule has 0 aromatic heterocycles. The van der Waals surface area contributed by atoms with Gasteiger partial charge in [0.1, 0.15) is 5.75 Å². The van der Waals surface area contributed by atoms with Crippen LogP contribution in [0, 0.1) is 0 Å². The summed E-state index contributed by atoms with van der Waals surface area (Å²) in [5, 5.41) is 5.93. The number of rotatable bonds is 6. The fourth-order valence-corrected chi connectivity index (χ4v) is 2.09. The SMILES string of the molecule is COc1ccccc1NC(=O)CNCC1CCCO1.Cl. The van der Waals surface area contributed by atoms with Crippen molar-refractivity contribution in [3.05, 3.63) is 24.3 Å². The summed E-state index contributed by atoms with van der Waals surface area (Å²) in [6, 6.07) is 7.36. The predicted octanol–water partition coefficient (Wildman–Crippen LogP) is 1.82. The Hall–Kier alpha value is -1.30. The van der Waals surface area contributed by atoms with Crippen LogP contribution in [0.15, 0.2) is 24.3 Å². The molecular weight excluding hydrogens is 280 g/mol. The summed E-state index contributed by atoms with van der Waals surface area (Å²) in [4.78, 5) is 11.8. The Morgan fingerprint density at radius 3 is 2.95 bits per heavy atom. The second-order valence-electron chi connectivity index (χ2n) is 4.51. The molecule has 1 aliphatic heterocycles. The highest BCUT2D eigenvalue weighted by atomic mass is 35.5. The van der Waals surface area contributed by atoms with Crippen molar-refractivity contribution in [3.8, 4) is 5.75 Å². The van der Waals surface area contributed by atoms with E-state index in [9.17, 15) is 4.79 Å². The van der Waals surface area contributed by atoms with Gasteiger partial charge in [0.25, 0.3) is 0 Å². The molecular formula is C14H21ClN2O3. The third kappa shape index (κ3) is 5.00. The summed E-state index contributed by atoms with van der Waals surface area (Å²) in [5.74, 6) is 0.581. The third-order valence-electron chi connectivity index (χ3n) is 3.06. The molecule has 1 amide bonds. The van der Waals surface area contributed by atoms with Crippen molar-refractivity contribution in [3.63, 3.8) is 0 Å². The largest absolute Gasteiger partial charge is 0.495 e. The molecule has 1 fully saturated rings. The number of carbonyl (C=O) groups is 1. The van der Waals surface area contributed by atoms with Crippen LogP contribution in [-0.2, 0) is 9.53 Å². The molecule has 0 radical (unpaired) electrons. The molecule has 0 saturated carbocycles. The van der Waals surface area contributed by atoms with Crippen molar-refractivity contribution in [2.45, 2.75) is 18.9 Å². The Kier molecular flexibility index (Phi) is 7.36. The number of methoxy groups -OCH3 is 1. The van der Waals surface area contributed by atoms with Crippen molar-refractivity contribution in [1.82, 2.24) is 5.32 Å². The number of nitrogens with one attached hydrogen (secondary N) is 2. The predicted molar refractivity (Wildman–Crippen MR) is 80.7 cm³/mol. The summed E-state index contributed by atoms with van der Waals surface area (Å²) in [5.41, 5.74) is 0.689. The fraction of sp³-hybridized carbons (Fsp3) is 0.500. The van der Waals surface area contributed by atoms with E-state index in [4.69, 9.17) is 9.47 Å². The normalized spacial score (nSPS) is 17.4. The smallest absolute Gasteiger partial charge is 0.238 e. The first-order valence-corrected chi connectivity index (χ1v) is 6.55. The zero-order valence-electron chi connectivity index (χ0n) is 11.6. The fourth-order valence-electron chi connectivity index (χ4n) is 2.09. The number of hydrogen-bond acceptors (Lipinski definition) is 4. The molecule has 0 aliphatic carbocycles. The Bertz CT molecular complexity index is 423. The highest BCUT2D eigenvalue weighted by Crippen LogP contribution is 2.22. The lowest BCUT2D eigenvalue weighted by Crippen LogP contribution is -2.33. The van der Waals surface area contributed by atoms with Crippen LogP contribution in [0.1, 0.15) is 12.8 Å². The lowest BCUT2D eigenvalue weighted by molar-refractivity contribution is -0.115. The van der Waals surface area contributed by atoms with Gasteiger partial charge >= 0.3 is 0 Å². The van der Waals surface area contributed by atoms with Gasteiger partial charge in [-0.2, -0.15) is 0 Å². The molecule has 1 unspecified atom stereocenters. The Morgan fingerprint density at radius 2 is 2.25 bits per heavy atom. The van der Waals surface area contributed by atoms with Crippen molar-refractivity contribution < 1.29 is 14.3 Å². The number of ether oxygens (including phenoxy) is 2. The number of para-hydroxylation sites is 2. The number of hydrogen-bond donors (Lipinski definition) is 2. The van der Waals surface area contributed by atoms with Crippen LogP contribution >= 0.6 is 12.4 Å². The Balaban J connectivity index is 0.00000200. The highest BCUT2D eigenvalue weighted by molar-refractivity contribution is 5.93. The van der Waals surface area contributed by atoms with Gasteiger partial charge in [-0.3, -0.25) is 4.79 Å². The molecule has 1 heterocycles. The maximum absolute atomic E-state index is 11.8. The topological polar surface area (TPSA) is 59.6 Å². The van der Waals surface area contributed by atoms with Crippen LogP contribution in [-0.4, -0.2) is 38.8 Å². The molecule has 5 nitrogen and oxygen atoms in total. The van der Waals surface area contributed by atoms with Gasteiger partial charge in [-0.05, 0) is 25.0 Å². The molecule has 2 N–H and O–H groups in total. The second kappa shape index (κ2) is 8.79. The molecule has 1 aromatic rings. The first-order valence-electron chi connectivity index (χ1n) is 6.55. The van der Waals surface area contributed by atoms with E-state index >= 15 is 0 Å². The quantitative estimate of drug-likeness (QED) is 0.841. The standard InChI is InChI=1S/C14H20N2O3.ClH/c1-18-13-7-3-2-6-12(13)16-14(17)10-15-9-11-5-4-8-19-11;/h2-3,6-7,11,15H,4-5,8-10H2,1H3,(H,16,17);1H. The minimum atomic E-state index is -0.0810. The van der Waals surface area contributed by atoms with Gasteiger partial charge in [-0.15, -0.1) is 12.4 Å². The maximum Gasteiger partial charge on any atom is 0.238 e. The van der Waals surface area contributed by atoms with Crippen molar-refractivity contribution >= 4 is 24.0 Å². The summed E-state index contributed by atoms with van der Waals surface area (Å²) in [6.07, 6.45) is 2.43. The first kappa shape index (κ1) is 16.8. The van der Waals surface area contributed by atoms with E-state index in [-0.39, 0.29) is 31.0 Å². The number of benzene rings is 1. The summed E-state index contributed by atoms with van der Waals surface area (Å²) < 4.78 is 10.7. The summed E-state index contributed by atoms with van der Waals surface area (Å²) in [6.45, 7) is 1.83. The average molecular weight is 301 g/mol. The van der Waals surface area contributed by atoms with E-state index in [1.165, 1.54) is 0 Å². The second-order valence-corrected chi connectivity index (χ2v) is 4.51. The average Bonchev–Trinajstić information content (AvgIpc) is 2.92. The lowest BCUT2D eigenvalue weighted by atomic mass is 10.2. The van der Waals surface area contributed by atoms with Gasteiger partial charge in [0.05, 0.1) is 25.4 Å². The molecule has 0 bridgehead atoms. The number of halogens is 1.